The number of alkyl halides is 3. The minimum absolute atomic E-state index is 0.0744. The first kappa shape index (κ1) is 22.6. The summed E-state index contributed by atoms with van der Waals surface area (Å²) in [4.78, 5) is 16.1. The monoisotopic (exact) mass is 448 g/mol. The van der Waals surface area contributed by atoms with Gasteiger partial charge in [0.05, 0.1) is 10.7 Å². The van der Waals surface area contributed by atoms with E-state index in [4.69, 9.17) is 24.0 Å². The highest BCUT2D eigenvalue weighted by atomic mass is 32.1. The number of hydrogen-bond donors (Lipinski definition) is 1. The summed E-state index contributed by atoms with van der Waals surface area (Å²) >= 11 is 1.75. The second-order valence-corrected chi connectivity index (χ2v) is 8.14. The zero-order valence-electron chi connectivity index (χ0n) is 16.6. The summed E-state index contributed by atoms with van der Waals surface area (Å²) in [5, 5.41) is 19.0. The number of likely N-dealkylation sites (tertiary alicyclic amines) is 1. The predicted octanol–water partition coefficient (Wildman–Crippen LogP) is 3.38. The fourth-order valence-electron chi connectivity index (χ4n) is 3.96. The molecule has 1 N–H and O–H groups in total. The highest BCUT2D eigenvalue weighted by molar-refractivity contribution is 7.09. The molecule has 0 aromatic carbocycles. The van der Waals surface area contributed by atoms with Crippen LogP contribution in [0.1, 0.15) is 48.7 Å². The third-order valence-corrected chi connectivity index (χ3v) is 6.51. The summed E-state index contributed by atoms with van der Waals surface area (Å²) in [5.74, 6) is -0.796. The quantitative estimate of drug-likeness (QED) is 0.718. The van der Waals surface area contributed by atoms with Crippen LogP contribution in [0.3, 0.4) is 0 Å². The van der Waals surface area contributed by atoms with Crippen molar-refractivity contribution < 1.29 is 32.2 Å². The Balaban J connectivity index is 0.000000318. The molecular weight excluding hydrogens is 425 g/mol. The van der Waals surface area contributed by atoms with Crippen LogP contribution in [0.4, 0.5) is 13.2 Å². The molecule has 8 nitrogen and oxygen atoms in total. The first-order valence-electron chi connectivity index (χ1n) is 9.51. The van der Waals surface area contributed by atoms with E-state index in [0.29, 0.717) is 18.4 Å². The number of nitrogens with zero attached hydrogens (tertiary/aromatic N) is 4. The normalized spacial score (nSPS) is 23.4. The van der Waals surface area contributed by atoms with E-state index in [1.165, 1.54) is 17.8 Å². The number of thiazole rings is 1. The number of carbonyl (C=O) groups is 1. The number of aliphatic carboxylic acids is 1. The standard InChI is InChI=1S/C16H22N4O2S.C2HF3O2/c1-3-14-17-12(10-23-14)8-20-7-5-11-4-6-16(11,20)15-19-18-13(22-15)9-21-2;3-2(4,5)1(6)7/h10-11H,3-9H2,1-2H3;(H,6,7)/t11-,16-;/m0./s1. The van der Waals surface area contributed by atoms with Gasteiger partial charge in [0.25, 0.3) is 0 Å². The predicted molar refractivity (Wildman–Crippen MR) is 99.6 cm³/mol. The number of carboxylic acid groups (broad SMARTS) is 1. The average Bonchev–Trinajstić information content (AvgIpc) is 3.35. The van der Waals surface area contributed by atoms with Crippen LogP contribution in [0.25, 0.3) is 0 Å². The van der Waals surface area contributed by atoms with Gasteiger partial charge in [-0.1, -0.05) is 6.92 Å². The van der Waals surface area contributed by atoms with E-state index in [-0.39, 0.29) is 5.54 Å². The maximum atomic E-state index is 10.6. The van der Waals surface area contributed by atoms with E-state index >= 15 is 0 Å². The average molecular weight is 448 g/mol. The Hall–Kier alpha value is -2.05. The summed E-state index contributed by atoms with van der Waals surface area (Å²) in [7, 11) is 1.64. The number of carboxylic acids is 1. The molecule has 1 saturated heterocycles. The van der Waals surface area contributed by atoms with Crippen molar-refractivity contribution in [2.75, 3.05) is 13.7 Å². The molecule has 0 amide bonds. The second kappa shape index (κ2) is 8.98. The number of rotatable bonds is 6. The number of hydrogen-bond acceptors (Lipinski definition) is 8. The molecule has 0 spiro atoms. The first-order valence-corrected chi connectivity index (χ1v) is 10.4. The largest absolute Gasteiger partial charge is 0.490 e. The number of fused-ring (bicyclic) bond motifs is 1. The molecular formula is C18H23F3N4O4S. The lowest BCUT2D eigenvalue weighted by Gasteiger charge is -2.47. The number of ether oxygens (including phenoxy) is 1. The van der Waals surface area contributed by atoms with Crippen LogP contribution in [-0.4, -0.2) is 51.0 Å². The lowest BCUT2D eigenvalue weighted by atomic mass is 9.67. The minimum atomic E-state index is -5.08. The number of aryl methyl sites for hydroxylation is 1. The molecule has 2 aromatic rings. The van der Waals surface area contributed by atoms with Gasteiger partial charge in [0.2, 0.25) is 11.8 Å². The molecule has 3 heterocycles. The van der Waals surface area contributed by atoms with Crippen molar-refractivity contribution in [3.8, 4) is 0 Å². The number of methoxy groups -OCH3 is 1. The summed E-state index contributed by atoms with van der Waals surface area (Å²) in [6, 6.07) is 0. The molecule has 1 aliphatic heterocycles. The SMILES string of the molecule is CCc1nc(CN2CC[C@@H]3CC[C@@]32c2nnc(COC)o2)cs1.O=C(O)C(F)(F)F. The topological polar surface area (TPSA) is 102 Å². The van der Waals surface area contributed by atoms with Gasteiger partial charge in [-0.25, -0.2) is 9.78 Å². The van der Waals surface area contributed by atoms with Crippen molar-refractivity contribution in [3.05, 3.63) is 27.9 Å². The highest BCUT2D eigenvalue weighted by Crippen LogP contribution is 2.56. The van der Waals surface area contributed by atoms with Crippen molar-refractivity contribution in [2.45, 2.75) is 57.5 Å². The molecule has 2 aliphatic rings. The maximum absolute atomic E-state index is 10.6. The summed E-state index contributed by atoms with van der Waals surface area (Å²) < 4.78 is 42.8. The molecule has 2 fully saturated rings. The van der Waals surface area contributed by atoms with Gasteiger partial charge in [-0.05, 0) is 38.1 Å². The smallest absolute Gasteiger partial charge is 0.475 e. The van der Waals surface area contributed by atoms with Crippen LogP contribution >= 0.6 is 11.3 Å². The Morgan fingerprint density at radius 2 is 2.17 bits per heavy atom. The fraction of sp³-hybridized carbons (Fsp3) is 0.667. The highest BCUT2D eigenvalue weighted by Gasteiger charge is 2.59. The van der Waals surface area contributed by atoms with Gasteiger partial charge in [-0.3, -0.25) is 4.90 Å². The summed E-state index contributed by atoms with van der Waals surface area (Å²) in [5.41, 5.74) is 1.09. The maximum Gasteiger partial charge on any atom is 0.490 e. The Labute approximate surface area is 175 Å². The van der Waals surface area contributed by atoms with Crippen LogP contribution in [0.2, 0.25) is 0 Å². The van der Waals surface area contributed by atoms with Gasteiger partial charge < -0.3 is 14.3 Å². The molecule has 0 unspecified atom stereocenters. The van der Waals surface area contributed by atoms with Crippen molar-refractivity contribution >= 4 is 17.3 Å². The summed E-state index contributed by atoms with van der Waals surface area (Å²) in [6.45, 7) is 4.47. The van der Waals surface area contributed by atoms with Gasteiger partial charge in [0.1, 0.15) is 12.1 Å². The molecule has 30 heavy (non-hydrogen) atoms. The van der Waals surface area contributed by atoms with Gasteiger partial charge in [0.15, 0.2) is 0 Å². The summed E-state index contributed by atoms with van der Waals surface area (Å²) in [6.07, 6.45) is -0.540. The van der Waals surface area contributed by atoms with Crippen molar-refractivity contribution in [1.29, 1.82) is 0 Å². The molecule has 2 atom stereocenters. The van der Waals surface area contributed by atoms with Crippen LogP contribution in [0.15, 0.2) is 9.80 Å². The Morgan fingerprint density at radius 1 is 1.43 bits per heavy atom. The lowest BCUT2D eigenvalue weighted by molar-refractivity contribution is -0.192. The number of aromatic nitrogens is 3. The van der Waals surface area contributed by atoms with E-state index < -0.39 is 12.1 Å². The van der Waals surface area contributed by atoms with Gasteiger partial charge >= 0.3 is 12.1 Å². The van der Waals surface area contributed by atoms with Crippen LogP contribution in [0.5, 0.6) is 0 Å². The lowest BCUT2D eigenvalue weighted by Crippen LogP contribution is -2.51. The van der Waals surface area contributed by atoms with E-state index in [1.54, 1.807) is 18.4 Å². The number of halogens is 3. The van der Waals surface area contributed by atoms with Gasteiger partial charge in [-0.15, -0.1) is 21.5 Å². The minimum Gasteiger partial charge on any atom is -0.475 e. The Kier molecular flexibility index (Phi) is 6.78. The third-order valence-electron chi connectivity index (χ3n) is 5.46. The molecule has 0 radical (unpaired) electrons. The fourth-order valence-corrected chi connectivity index (χ4v) is 4.70. The molecule has 166 valence electrons. The van der Waals surface area contributed by atoms with Crippen molar-refractivity contribution in [2.24, 2.45) is 5.92 Å². The second-order valence-electron chi connectivity index (χ2n) is 7.19. The van der Waals surface area contributed by atoms with Gasteiger partial charge in [0, 0.05) is 19.0 Å². The zero-order chi connectivity index (χ0) is 21.9. The third kappa shape index (κ3) is 4.49. The molecule has 0 bridgehead atoms. The van der Waals surface area contributed by atoms with Crippen LogP contribution in [0, 0.1) is 5.92 Å². The first-order chi connectivity index (χ1) is 14.2. The molecule has 12 heteroatoms. The van der Waals surface area contributed by atoms with Crippen molar-refractivity contribution in [3.63, 3.8) is 0 Å². The van der Waals surface area contributed by atoms with E-state index in [2.05, 4.69) is 27.4 Å². The van der Waals surface area contributed by atoms with E-state index in [1.807, 2.05) is 0 Å². The Morgan fingerprint density at radius 3 is 2.70 bits per heavy atom. The van der Waals surface area contributed by atoms with E-state index in [9.17, 15) is 13.2 Å². The van der Waals surface area contributed by atoms with Crippen molar-refractivity contribution in [1.82, 2.24) is 20.1 Å². The molecule has 1 aliphatic carbocycles. The zero-order valence-corrected chi connectivity index (χ0v) is 17.4. The van der Waals surface area contributed by atoms with E-state index in [0.717, 1.165) is 37.5 Å². The molecule has 1 saturated carbocycles. The van der Waals surface area contributed by atoms with Crippen LogP contribution < -0.4 is 0 Å². The van der Waals surface area contributed by atoms with Gasteiger partial charge in [-0.2, -0.15) is 13.2 Å². The molecule has 2 aromatic heterocycles. The molecule has 4 rings (SSSR count). The Bertz CT molecular complexity index is 872. The van der Waals surface area contributed by atoms with Crippen LogP contribution in [-0.2, 0) is 34.6 Å².